The first-order chi connectivity index (χ1) is 30.1. The van der Waals surface area contributed by atoms with E-state index in [1.165, 1.54) is 86.9 Å². The van der Waals surface area contributed by atoms with Crippen molar-refractivity contribution in [2.24, 2.45) is 23.7 Å². The van der Waals surface area contributed by atoms with Gasteiger partial charge in [0.1, 0.15) is 28.9 Å². The number of phenolic OH excluding ortho intramolecular Hbond substituents is 2. The molecule has 2 aliphatic rings. The summed E-state index contributed by atoms with van der Waals surface area (Å²) in [5.74, 6) is -8.94. The van der Waals surface area contributed by atoms with Gasteiger partial charge in [-0.1, -0.05) is 48.5 Å². The third-order valence-electron chi connectivity index (χ3n) is 13.2. The molecule has 2 fully saturated rings. The number of hydrogen-bond donors (Lipinski definition) is 2. The van der Waals surface area contributed by atoms with Gasteiger partial charge in [-0.3, -0.25) is 14.4 Å². The Bertz CT molecular complexity index is 2450. The molecule has 0 aromatic heterocycles. The lowest BCUT2D eigenvalue weighted by molar-refractivity contribution is -0.133. The number of ketones is 3. The van der Waals surface area contributed by atoms with Gasteiger partial charge in [0.2, 0.25) is 20.0 Å². The maximum absolute atomic E-state index is 16.2. The molecule has 6 atom stereocenters. The minimum Gasteiger partial charge on any atom is -0.508 e. The molecule has 2 N–H and O–H groups in total. The van der Waals surface area contributed by atoms with E-state index in [-0.39, 0.29) is 86.1 Å². The van der Waals surface area contributed by atoms with E-state index in [0.29, 0.717) is 11.1 Å². The molecule has 64 heavy (non-hydrogen) atoms. The summed E-state index contributed by atoms with van der Waals surface area (Å²) < 4.78 is 83.8. The molecule has 2 heterocycles. The van der Waals surface area contributed by atoms with Gasteiger partial charge >= 0.3 is 0 Å². The highest BCUT2D eigenvalue weighted by molar-refractivity contribution is 7.88. The third kappa shape index (κ3) is 10.8. The first kappa shape index (κ1) is 48.5. The lowest BCUT2D eigenvalue weighted by Crippen LogP contribution is -2.57. The SMILES string of the molecule is Cc1c(F)cccc1C1C(C(=O)c2cccc(O)c2)CN(CCN(C)S(C)(=O)=O)CC1C(=O)[C@@H]1CN(CCN(C)S(C)(=O)=O)C[C@H](C(=O)c2cccc(O)c2)[C@@H]1c1cccc(F)c1C. The summed E-state index contributed by atoms with van der Waals surface area (Å²) in [6.45, 7) is 3.42. The van der Waals surface area contributed by atoms with Crippen LogP contribution in [0.25, 0.3) is 0 Å². The molecule has 0 amide bonds. The zero-order valence-electron chi connectivity index (χ0n) is 36.8. The van der Waals surface area contributed by atoms with Crippen LogP contribution in [0.2, 0.25) is 0 Å². The number of sulfonamides is 2. The van der Waals surface area contributed by atoms with Gasteiger partial charge in [0, 0.05) is 113 Å². The van der Waals surface area contributed by atoms with E-state index in [2.05, 4.69) is 0 Å². The number of nitrogens with zero attached hydrogens (tertiary/aromatic N) is 4. The number of carbonyl (C=O) groups is 3. The van der Waals surface area contributed by atoms with Gasteiger partial charge in [-0.05, 0) is 72.5 Å². The van der Waals surface area contributed by atoms with Crippen molar-refractivity contribution in [1.29, 1.82) is 0 Å². The molecule has 6 rings (SSSR count). The Morgan fingerprint density at radius 3 is 1.28 bits per heavy atom. The average molecular weight is 923 g/mol. The van der Waals surface area contributed by atoms with Crippen LogP contribution < -0.4 is 0 Å². The highest BCUT2D eigenvalue weighted by Crippen LogP contribution is 2.47. The molecule has 13 nitrogen and oxygen atoms in total. The van der Waals surface area contributed by atoms with Crippen LogP contribution in [0.3, 0.4) is 0 Å². The van der Waals surface area contributed by atoms with Gasteiger partial charge in [-0.2, -0.15) is 0 Å². The van der Waals surface area contributed by atoms with Crippen molar-refractivity contribution in [3.8, 4) is 11.5 Å². The van der Waals surface area contributed by atoms with Crippen molar-refractivity contribution in [3.63, 3.8) is 0 Å². The number of likely N-dealkylation sites (N-methyl/N-ethyl adjacent to an activating group) is 2. The summed E-state index contributed by atoms with van der Waals surface area (Å²) in [6, 6.07) is 20.5. The molecule has 4 aromatic carbocycles. The molecule has 2 saturated heterocycles. The van der Waals surface area contributed by atoms with Crippen molar-refractivity contribution in [3.05, 3.63) is 130 Å². The second kappa shape index (κ2) is 19.7. The van der Waals surface area contributed by atoms with E-state index in [9.17, 15) is 36.6 Å². The largest absolute Gasteiger partial charge is 0.508 e. The number of benzene rings is 4. The van der Waals surface area contributed by atoms with Crippen molar-refractivity contribution < 1.29 is 50.2 Å². The molecule has 344 valence electrons. The van der Waals surface area contributed by atoms with Crippen LogP contribution in [0.15, 0.2) is 84.9 Å². The van der Waals surface area contributed by atoms with E-state index < -0.39 is 84.5 Å². The van der Waals surface area contributed by atoms with Crippen LogP contribution in [-0.4, -0.2) is 142 Å². The minimum absolute atomic E-state index is 0.00574. The number of piperidine rings is 2. The van der Waals surface area contributed by atoms with E-state index in [1.54, 1.807) is 26.0 Å². The summed E-state index contributed by atoms with van der Waals surface area (Å²) in [6.07, 6.45) is 2.14. The Morgan fingerprint density at radius 2 is 0.938 bits per heavy atom. The minimum atomic E-state index is -3.63. The topological polar surface area (TPSA) is 173 Å². The number of halogens is 2. The van der Waals surface area contributed by atoms with Crippen molar-refractivity contribution >= 4 is 37.4 Å². The molecule has 17 heteroatoms. The monoisotopic (exact) mass is 922 g/mol. The van der Waals surface area contributed by atoms with Crippen molar-refractivity contribution in [2.75, 3.05) is 79.0 Å². The molecule has 0 radical (unpaired) electrons. The van der Waals surface area contributed by atoms with E-state index in [4.69, 9.17) is 0 Å². The lowest BCUT2D eigenvalue weighted by Gasteiger charge is -2.48. The highest BCUT2D eigenvalue weighted by Gasteiger charge is 2.52. The maximum atomic E-state index is 16.2. The first-order valence-corrected chi connectivity index (χ1v) is 24.7. The number of likely N-dealkylation sites (tertiary alicyclic amines) is 2. The predicted octanol–water partition coefficient (Wildman–Crippen LogP) is 5.07. The fourth-order valence-corrected chi connectivity index (χ4v) is 10.2. The van der Waals surface area contributed by atoms with Crippen LogP contribution >= 0.6 is 0 Å². The van der Waals surface area contributed by atoms with E-state index in [1.807, 2.05) is 9.80 Å². The standard InChI is InChI=1S/C47H56F2N4O9S2/c1-29-35(15-9-17-41(29)48)43-37(45(56)31-11-7-13-33(54)23-31)25-52(21-19-50(3)63(5,59)60)27-39(43)47(58)40-28-53(22-20-51(4)64(6,61)62)26-38(46(57)32-12-8-14-34(55)24-32)44(40)36-16-10-18-42(49)30(36)2/h7-18,23-24,37-40,43-44,54-55H,19-22,25-28H2,1-6H3/t37-,38?,39+,40?,43-,44?/m0/s1. The number of hydrogen-bond acceptors (Lipinski definition) is 11. The fourth-order valence-electron chi connectivity index (χ4n) is 9.42. The molecule has 0 bridgehead atoms. The highest BCUT2D eigenvalue weighted by atomic mass is 32.2. The Labute approximate surface area is 374 Å². The summed E-state index contributed by atoms with van der Waals surface area (Å²) in [5.41, 5.74) is 1.53. The number of carbonyl (C=O) groups excluding carboxylic acids is 3. The summed E-state index contributed by atoms with van der Waals surface area (Å²) in [4.78, 5) is 49.6. The van der Waals surface area contributed by atoms with Gasteiger partial charge in [0.05, 0.1) is 12.5 Å². The molecule has 3 unspecified atom stereocenters. The van der Waals surface area contributed by atoms with Gasteiger partial charge in [-0.25, -0.2) is 34.2 Å². The van der Waals surface area contributed by atoms with Crippen LogP contribution in [-0.2, 0) is 24.8 Å². The smallest absolute Gasteiger partial charge is 0.210 e. The third-order valence-corrected chi connectivity index (χ3v) is 15.8. The van der Waals surface area contributed by atoms with Gasteiger partial charge in [-0.15, -0.1) is 0 Å². The Kier molecular flexibility index (Phi) is 14.9. The second-order valence-electron chi connectivity index (χ2n) is 17.3. The number of phenols is 2. The van der Waals surface area contributed by atoms with Crippen LogP contribution in [0.4, 0.5) is 8.78 Å². The summed E-state index contributed by atoms with van der Waals surface area (Å²) >= 11 is 0. The Morgan fingerprint density at radius 1 is 0.594 bits per heavy atom. The zero-order valence-corrected chi connectivity index (χ0v) is 38.5. The van der Waals surface area contributed by atoms with Gasteiger partial charge < -0.3 is 20.0 Å². The summed E-state index contributed by atoms with van der Waals surface area (Å²) in [7, 11) is -4.41. The molecule has 2 aliphatic heterocycles. The van der Waals surface area contributed by atoms with Crippen LogP contribution in [0.1, 0.15) is 54.8 Å². The molecule has 0 spiro atoms. The summed E-state index contributed by atoms with van der Waals surface area (Å²) in [5, 5.41) is 20.9. The zero-order chi connectivity index (χ0) is 46.8. The van der Waals surface area contributed by atoms with Crippen molar-refractivity contribution in [2.45, 2.75) is 25.7 Å². The van der Waals surface area contributed by atoms with E-state index >= 15 is 13.6 Å². The molecule has 0 aliphatic carbocycles. The van der Waals surface area contributed by atoms with Gasteiger partial charge in [0.15, 0.2) is 11.6 Å². The average Bonchev–Trinajstić information content (AvgIpc) is 3.24. The maximum Gasteiger partial charge on any atom is 0.210 e. The molecular formula is C47H56F2N4O9S2. The normalized spacial score (nSPS) is 22.5. The molecule has 4 aromatic rings. The van der Waals surface area contributed by atoms with Gasteiger partial charge in [0.25, 0.3) is 0 Å². The second-order valence-corrected chi connectivity index (χ2v) is 21.5. The van der Waals surface area contributed by atoms with Crippen LogP contribution in [0.5, 0.6) is 11.5 Å². The fraction of sp³-hybridized carbons (Fsp3) is 0.426. The van der Waals surface area contributed by atoms with E-state index in [0.717, 1.165) is 21.1 Å². The quantitative estimate of drug-likeness (QED) is 0.144. The molecular weight excluding hydrogens is 867 g/mol. The van der Waals surface area contributed by atoms with Crippen LogP contribution in [0, 0.1) is 49.2 Å². The lowest BCUT2D eigenvalue weighted by atomic mass is 9.62. The van der Waals surface area contributed by atoms with Crippen molar-refractivity contribution in [1.82, 2.24) is 18.4 Å². The first-order valence-electron chi connectivity index (χ1n) is 21.0. The predicted molar refractivity (Wildman–Crippen MR) is 239 cm³/mol. The number of rotatable bonds is 16. The number of Topliss-reactive ketones (excluding diaryl/α,β-unsaturated/α-hetero) is 3. The Balaban J connectivity index is 1.56. The molecule has 0 saturated carbocycles. The Hall–Kier alpha value is -4.91. The number of aromatic hydroxyl groups is 2.